The molecular weight excluding hydrogens is 318 g/mol. The number of ether oxygens (including phenoxy) is 1. The molecule has 0 atom stereocenters. The van der Waals surface area contributed by atoms with Crippen LogP contribution in [0.4, 0.5) is 0 Å². The molecule has 0 unspecified atom stereocenters. The largest absolute Gasteiger partial charge is 0.478 e. The lowest BCUT2D eigenvalue weighted by Crippen LogP contribution is -2.23. The van der Waals surface area contributed by atoms with Crippen LogP contribution in [0.15, 0.2) is 42.6 Å². The van der Waals surface area contributed by atoms with Gasteiger partial charge in [0.1, 0.15) is 0 Å². The number of carbonyl (C=O) groups is 1. The summed E-state index contributed by atoms with van der Waals surface area (Å²) >= 11 is 0. The molecule has 0 radical (unpaired) electrons. The lowest BCUT2D eigenvalue weighted by atomic mass is 10.2. The van der Waals surface area contributed by atoms with Crippen molar-refractivity contribution in [2.45, 2.75) is 20.4 Å². The van der Waals surface area contributed by atoms with Crippen molar-refractivity contribution < 1.29 is 9.53 Å². The summed E-state index contributed by atoms with van der Waals surface area (Å²) in [5, 5.41) is 11.5. The number of carbonyl (C=O) groups excluding carboxylic acids is 1. The first-order chi connectivity index (χ1) is 12.1. The fourth-order valence-corrected chi connectivity index (χ4v) is 2.46. The van der Waals surface area contributed by atoms with Gasteiger partial charge in [-0.1, -0.05) is 18.2 Å². The molecule has 25 heavy (non-hydrogen) atoms. The van der Waals surface area contributed by atoms with Crippen molar-refractivity contribution in [2.75, 3.05) is 6.61 Å². The number of hydrogen-bond acceptors (Lipinski definition) is 4. The van der Waals surface area contributed by atoms with Crippen LogP contribution in [0, 0.1) is 6.92 Å². The van der Waals surface area contributed by atoms with Crippen LogP contribution in [0.2, 0.25) is 0 Å². The van der Waals surface area contributed by atoms with Crippen molar-refractivity contribution >= 4 is 5.91 Å². The normalized spacial score (nSPS) is 10.7. The van der Waals surface area contributed by atoms with E-state index in [1.54, 1.807) is 21.6 Å². The van der Waals surface area contributed by atoms with Crippen LogP contribution < -0.4 is 10.1 Å². The van der Waals surface area contributed by atoms with Crippen molar-refractivity contribution in [2.24, 2.45) is 7.05 Å². The predicted molar refractivity (Wildman–Crippen MR) is 93.8 cm³/mol. The molecule has 7 nitrogen and oxygen atoms in total. The van der Waals surface area contributed by atoms with E-state index in [2.05, 4.69) is 15.5 Å². The number of hydrogen-bond donors (Lipinski definition) is 1. The summed E-state index contributed by atoms with van der Waals surface area (Å²) < 4.78 is 9.02. The van der Waals surface area contributed by atoms with E-state index in [4.69, 9.17) is 4.74 Å². The van der Waals surface area contributed by atoms with E-state index in [0.29, 0.717) is 24.7 Å². The van der Waals surface area contributed by atoms with Gasteiger partial charge in [-0.05, 0) is 26.0 Å². The lowest BCUT2D eigenvalue weighted by molar-refractivity contribution is 0.0945. The number of nitrogens with one attached hydrogen (secondary N) is 1. The van der Waals surface area contributed by atoms with Gasteiger partial charge in [0.05, 0.1) is 18.5 Å². The van der Waals surface area contributed by atoms with Crippen molar-refractivity contribution in [1.82, 2.24) is 24.9 Å². The molecule has 3 aromatic rings. The molecule has 0 aliphatic rings. The third kappa shape index (κ3) is 3.55. The van der Waals surface area contributed by atoms with Crippen LogP contribution in [0.1, 0.15) is 28.7 Å². The van der Waals surface area contributed by atoms with E-state index in [1.165, 1.54) is 0 Å². The van der Waals surface area contributed by atoms with Gasteiger partial charge in [-0.25, -0.2) is 4.68 Å². The minimum absolute atomic E-state index is 0.251. The van der Waals surface area contributed by atoms with Crippen LogP contribution in [-0.2, 0) is 13.6 Å². The zero-order chi connectivity index (χ0) is 17.8. The molecule has 0 aliphatic carbocycles. The van der Waals surface area contributed by atoms with Gasteiger partial charge >= 0.3 is 0 Å². The Morgan fingerprint density at radius 2 is 2.04 bits per heavy atom. The Bertz CT molecular complexity index is 867. The van der Waals surface area contributed by atoms with Crippen molar-refractivity contribution in [1.29, 1.82) is 0 Å². The fourth-order valence-electron chi connectivity index (χ4n) is 2.46. The highest BCUT2D eigenvalue weighted by Crippen LogP contribution is 2.19. The average molecular weight is 339 g/mol. The number of aromatic nitrogens is 4. The summed E-state index contributed by atoms with van der Waals surface area (Å²) in [6, 6.07) is 11.2. The summed E-state index contributed by atoms with van der Waals surface area (Å²) in [6.07, 6.45) is 1.75. The lowest BCUT2D eigenvalue weighted by Gasteiger charge is -2.06. The second kappa shape index (κ2) is 7.21. The summed E-state index contributed by atoms with van der Waals surface area (Å²) in [4.78, 5) is 12.5. The van der Waals surface area contributed by atoms with Crippen LogP contribution >= 0.6 is 0 Å². The number of para-hydroxylation sites is 1. The molecule has 0 saturated heterocycles. The molecule has 2 aromatic heterocycles. The maximum absolute atomic E-state index is 12.5. The molecule has 0 bridgehead atoms. The van der Waals surface area contributed by atoms with Crippen molar-refractivity contribution in [3.05, 3.63) is 59.5 Å². The second-order valence-electron chi connectivity index (χ2n) is 5.61. The monoisotopic (exact) mass is 339 g/mol. The Hall–Kier alpha value is -3.09. The number of amides is 1. The van der Waals surface area contributed by atoms with E-state index in [-0.39, 0.29) is 5.91 Å². The molecule has 0 fully saturated rings. The van der Waals surface area contributed by atoms with Gasteiger partial charge in [0.2, 0.25) is 5.88 Å². The summed E-state index contributed by atoms with van der Waals surface area (Å²) in [6.45, 7) is 4.76. The number of nitrogens with zero attached hydrogens (tertiary/aromatic N) is 4. The SMILES string of the molecule is CCOc1cc(C(=O)NCc2cnn(C)c2C)nn1-c1ccccc1. The second-order valence-corrected chi connectivity index (χ2v) is 5.61. The van der Waals surface area contributed by atoms with E-state index in [1.807, 2.05) is 51.2 Å². The topological polar surface area (TPSA) is 74.0 Å². The van der Waals surface area contributed by atoms with E-state index in [9.17, 15) is 4.79 Å². The van der Waals surface area contributed by atoms with Crippen LogP contribution in [0.3, 0.4) is 0 Å². The number of aryl methyl sites for hydroxylation is 1. The zero-order valence-electron chi connectivity index (χ0n) is 14.6. The first-order valence-corrected chi connectivity index (χ1v) is 8.14. The molecule has 1 aromatic carbocycles. The predicted octanol–water partition coefficient (Wildman–Crippen LogP) is 2.24. The summed E-state index contributed by atoms with van der Waals surface area (Å²) in [5.41, 5.74) is 3.15. The van der Waals surface area contributed by atoms with Gasteiger partial charge in [0.15, 0.2) is 5.69 Å². The standard InChI is InChI=1S/C18H21N5O2/c1-4-25-17-10-16(21-23(17)15-8-6-5-7-9-15)18(24)19-11-14-12-20-22(3)13(14)2/h5-10,12H,4,11H2,1-3H3,(H,19,24). The quantitative estimate of drug-likeness (QED) is 0.747. The fraction of sp³-hybridized carbons (Fsp3) is 0.278. The first kappa shape index (κ1) is 16.8. The highest BCUT2D eigenvalue weighted by Gasteiger charge is 2.16. The van der Waals surface area contributed by atoms with Crippen LogP contribution in [0.25, 0.3) is 5.69 Å². The smallest absolute Gasteiger partial charge is 0.272 e. The third-order valence-electron chi connectivity index (χ3n) is 3.98. The molecule has 3 rings (SSSR count). The number of benzene rings is 1. The molecule has 1 amide bonds. The minimum atomic E-state index is -0.251. The molecule has 2 heterocycles. The van der Waals surface area contributed by atoms with Gasteiger partial charge < -0.3 is 10.1 Å². The summed E-state index contributed by atoms with van der Waals surface area (Å²) in [7, 11) is 1.87. The highest BCUT2D eigenvalue weighted by atomic mass is 16.5. The highest BCUT2D eigenvalue weighted by molar-refractivity contribution is 5.92. The van der Waals surface area contributed by atoms with Gasteiger partial charge in [-0.3, -0.25) is 9.48 Å². The molecule has 0 spiro atoms. The van der Waals surface area contributed by atoms with Crippen LogP contribution in [0.5, 0.6) is 5.88 Å². The van der Waals surface area contributed by atoms with E-state index < -0.39 is 0 Å². The van der Waals surface area contributed by atoms with E-state index >= 15 is 0 Å². The molecule has 130 valence electrons. The minimum Gasteiger partial charge on any atom is -0.478 e. The Morgan fingerprint density at radius 3 is 2.68 bits per heavy atom. The zero-order valence-corrected chi connectivity index (χ0v) is 14.6. The molecule has 1 N–H and O–H groups in total. The van der Waals surface area contributed by atoms with Gasteiger partial charge in [0.25, 0.3) is 5.91 Å². The average Bonchev–Trinajstić information content (AvgIpc) is 3.19. The maximum Gasteiger partial charge on any atom is 0.272 e. The van der Waals surface area contributed by atoms with Gasteiger partial charge in [-0.15, -0.1) is 0 Å². The Balaban J connectivity index is 1.79. The first-order valence-electron chi connectivity index (χ1n) is 8.14. The Labute approximate surface area is 146 Å². The van der Waals surface area contributed by atoms with Crippen molar-refractivity contribution in [3.8, 4) is 11.6 Å². The van der Waals surface area contributed by atoms with E-state index in [0.717, 1.165) is 16.9 Å². The molecule has 0 aliphatic heterocycles. The Morgan fingerprint density at radius 1 is 1.28 bits per heavy atom. The molecule has 0 saturated carbocycles. The van der Waals surface area contributed by atoms with Crippen molar-refractivity contribution in [3.63, 3.8) is 0 Å². The Kier molecular flexibility index (Phi) is 4.83. The summed E-state index contributed by atoms with van der Waals surface area (Å²) in [5.74, 6) is 0.287. The van der Waals surface area contributed by atoms with Crippen LogP contribution in [-0.4, -0.2) is 32.1 Å². The number of rotatable bonds is 6. The third-order valence-corrected chi connectivity index (χ3v) is 3.98. The van der Waals surface area contributed by atoms with Gasteiger partial charge in [0, 0.05) is 30.9 Å². The maximum atomic E-state index is 12.5. The molecule has 7 heteroatoms. The molecular formula is C18H21N5O2. The van der Waals surface area contributed by atoms with Gasteiger partial charge in [-0.2, -0.15) is 10.2 Å².